The van der Waals surface area contributed by atoms with Gasteiger partial charge >= 0.3 is 6.01 Å². The SMILES string of the molecule is C[C@H](Nc1nnc(-c2[nH]c(=O)cc3ccccc23)o1)C(=O)N1CCC2(CC1)CC2. The number of H-pyrrole nitrogens is 1. The Kier molecular flexibility index (Phi) is 4.15. The predicted molar refractivity (Wildman–Crippen MR) is 108 cm³/mol. The third kappa shape index (κ3) is 3.39. The van der Waals surface area contributed by atoms with E-state index in [0.29, 0.717) is 11.1 Å². The van der Waals surface area contributed by atoms with Gasteiger partial charge in [0.1, 0.15) is 11.7 Å². The third-order valence-corrected chi connectivity index (χ3v) is 6.21. The van der Waals surface area contributed by atoms with Crippen molar-refractivity contribution in [3.05, 3.63) is 40.7 Å². The minimum atomic E-state index is -0.469. The highest BCUT2D eigenvalue weighted by Gasteiger charge is 2.45. The van der Waals surface area contributed by atoms with Gasteiger partial charge in [-0.3, -0.25) is 9.59 Å². The molecule has 5 rings (SSSR count). The van der Waals surface area contributed by atoms with Crippen molar-refractivity contribution in [3.8, 4) is 11.6 Å². The van der Waals surface area contributed by atoms with Gasteiger partial charge < -0.3 is 19.6 Å². The fourth-order valence-electron chi connectivity index (χ4n) is 4.17. The minimum absolute atomic E-state index is 0.0406. The van der Waals surface area contributed by atoms with Crippen molar-refractivity contribution >= 4 is 22.7 Å². The second-order valence-corrected chi connectivity index (χ2v) is 8.20. The van der Waals surface area contributed by atoms with Crippen LogP contribution in [0.5, 0.6) is 0 Å². The van der Waals surface area contributed by atoms with Crippen molar-refractivity contribution in [2.75, 3.05) is 18.4 Å². The monoisotopic (exact) mass is 393 g/mol. The number of amides is 1. The number of aromatic nitrogens is 3. The molecule has 0 radical (unpaired) electrons. The molecule has 1 amide bonds. The molecule has 1 saturated heterocycles. The molecule has 29 heavy (non-hydrogen) atoms. The van der Waals surface area contributed by atoms with Crippen molar-refractivity contribution < 1.29 is 9.21 Å². The van der Waals surface area contributed by atoms with E-state index < -0.39 is 6.04 Å². The molecule has 2 aliphatic rings. The fourth-order valence-corrected chi connectivity index (χ4v) is 4.17. The minimum Gasteiger partial charge on any atom is -0.402 e. The van der Waals surface area contributed by atoms with Crippen molar-refractivity contribution in [2.45, 2.75) is 38.6 Å². The van der Waals surface area contributed by atoms with E-state index in [1.807, 2.05) is 29.2 Å². The molecule has 1 saturated carbocycles. The van der Waals surface area contributed by atoms with Crippen LogP contribution in [0.25, 0.3) is 22.4 Å². The lowest BCUT2D eigenvalue weighted by molar-refractivity contribution is -0.133. The summed E-state index contributed by atoms with van der Waals surface area (Å²) in [5.41, 5.74) is 0.761. The lowest BCUT2D eigenvalue weighted by Crippen LogP contribution is -2.45. The van der Waals surface area contributed by atoms with E-state index in [0.717, 1.165) is 36.7 Å². The Labute approximate surface area is 167 Å². The lowest BCUT2D eigenvalue weighted by atomic mass is 9.93. The van der Waals surface area contributed by atoms with Crippen LogP contribution in [-0.2, 0) is 4.79 Å². The van der Waals surface area contributed by atoms with Crippen LogP contribution in [0, 0.1) is 5.41 Å². The average Bonchev–Trinajstić information content (AvgIpc) is 3.31. The Morgan fingerprint density at radius 3 is 2.72 bits per heavy atom. The van der Waals surface area contributed by atoms with Crippen LogP contribution in [0.2, 0.25) is 0 Å². The van der Waals surface area contributed by atoms with Crippen molar-refractivity contribution in [2.24, 2.45) is 5.41 Å². The Hall–Kier alpha value is -3.16. The molecular formula is C21H23N5O3. The molecule has 3 heterocycles. The van der Waals surface area contributed by atoms with E-state index in [4.69, 9.17) is 4.42 Å². The van der Waals surface area contributed by atoms with E-state index in [1.54, 1.807) is 6.92 Å². The highest BCUT2D eigenvalue weighted by molar-refractivity contribution is 5.92. The summed E-state index contributed by atoms with van der Waals surface area (Å²) in [6.07, 6.45) is 4.82. The largest absolute Gasteiger partial charge is 0.402 e. The number of nitrogens with one attached hydrogen (secondary N) is 2. The van der Waals surface area contributed by atoms with E-state index >= 15 is 0 Å². The molecule has 2 aromatic heterocycles. The van der Waals surface area contributed by atoms with Gasteiger partial charge in [0.2, 0.25) is 11.5 Å². The summed E-state index contributed by atoms with van der Waals surface area (Å²) in [5, 5.41) is 12.7. The number of likely N-dealkylation sites (tertiary alicyclic amines) is 1. The van der Waals surface area contributed by atoms with Gasteiger partial charge in [-0.25, -0.2) is 0 Å². The maximum Gasteiger partial charge on any atom is 0.316 e. The highest BCUT2D eigenvalue weighted by Crippen LogP contribution is 2.53. The van der Waals surface area contributed by atoms with Crippen LogP contribution in [-0.4, -0.2) is 45.1 Å². The van der Waals surface area contributed by atoms with E-state index in [1.165, 1.54) is 18.9 Å². The number of carbonyl (C=O) groups is 1. The summed E-state index contributed by atoms with van der Waals surface area (Å²) in [6, 6.07) is 8.70. The van der Waals surface area contributed by atoms with Crippen LogP contribution in [0.4, 0.5) is 6.01 Å². The number of pyridine rings is 1. The first-order valence-corrected chi connectivity index (χ1v) is 10.0. The quantitative estimate of drug-likeness (QED) is 0.706. The number of fused-ring (bicyclic) bond motifs is 1. The topological polar surface area (TPSA) is 104 Å². The summed E-state index contributed by atoms with van der Waals surface area (Å²) >= 11 is 0. The van der Waals surface area contributed by atoms with Crippen LogP contribution >= 0.6 is 0 Å². The van der Waals surface area contributed by atoms with Crippen LogP contribution in [0.3, 0.4) is 0 Å². The lowest BCUT2D eigenvalue weighted by Gasteiger charge is -2.33. The first-order chi connectivity index (χ1) is 14.0. The maximum absolute atomic E-state index is 12.8. The Bertz CT molecular complexity index is 1120. The molecular weight excluding hydrogens is 370 g/mol. The summed E-state index contributed by atoms with van der Waals surface area (Å²) in [4.78, 5) is 29.4. The Morgan fingerprint density at radius 2 is 1.97 bits per heavy atom. The smallest absolute Gasteiger partial charge is 0.316 e. The zero-order valence-corrected chi connectivity index (χ0v) is 16.3. The standard InChI is InChI=1S/C21H23N5O3/c1-13(19(28)26-10-8-21(6-7-21)9-11-26)22-20-25-24-18(29-20)17-15-5-3-2-4-14(15)12-16(27)23-17/h2-5,12-13H,6-11H2,1H3,(H,22,25)(H,23,27)/t13-/m0/s1. The summed E-state index contributed by atoms with van der Waals surface area (Å²) in [6.45, 7) is 3.43. The van der Waals surface area contributed by atoms with Gasteiger partial charge in [0.05, 0.1) is 0 Å². The highest BCUT2D eigenvalue weighted by atomic mass is 16.4. The Morgan fingerprint density at radius 1 is 1.21 bits per heavy atom. The van der Waals surface area contributed by atoms with E-state index in [9.17, 15) is 9.59 Å². The number of hydrogen-bond donors (Lipinski definition) is 2. The van der Waals surface area contributed by atoms with Gasteiger partial charge in [-0.2, -0.15) is 0 Å². The summed E-state index contributed by atoms with van der Waals surface area (Å²) in [7, 11) is 0. The molecule has 1 aliphatic carbocycles. The molecule has 1 aliphatic heterocycles. The van der Waals surface area contributed by atoms with Crippen LogP contribution < -0.4 is 10.9 Å². The van der Waals surface area contributed by atoms with Crippen LogP contribution in [0.1, 0.15) is 32.6 Å². The third-order valence-electron chi connectivity index (χ3n) is 6.21. The molecule has 8 nitrogen and oxygen atoms in total. The van der Waals surface area contributed by atoms with E-state index in [-0.39, 0.29) is 23.4 Å². The first-order valence-electron chi connectivity index (χ1n) is 10.0. The number of aromatic amines is 1. The van der Waals surface area contributed by atoms with Gasteiger partial charge in [-0.1, -0.05) is 29.4 Å². The molecule has 2 fully saturated rings. The second kappa shape index (κ2) is 6.72. The number of hydrogen-bond acceptors (Lipinski definition) is 6. The van der Waals surface area contributed by atoms with Crippen LogP contribution in [0.15, 0.2) is 39.5 Å². The molecule has 1 atom stereocenters. The normalized spacial score (nSPS) is 18.7. The number of anilines is 1. The molecule has 8 heteroatoms. The van der Waals surface area contributed by atoms with Crippen molar-refractivity contribution in [1.82, 2.24) is 20.1 Å². The number of benzene rings is 1. The molecule has 1 spiro atoms. The van der Waals surface area contributed by atoms with Gasteiger partial charge in [0.15, 0.2) is 0 Å². The average molecular weight is 393 g/mol. The second-order valence-electron chi connectivity index (χ2n) is 8.20. The maximum atomic E-state index is 12.8. The molecule has 1 aromatic carbocycles. The molecule has 3 aromatic rings. The van der Waals surface area contributed by atoms with E-state index in [2.05, 4.69) is 20.5 Å². The zero-order chi connectivity index (χ0) is 20.0. The molecule has 0 unspecified atom stereocenters. The molecule has 150 valence electrons. The van der Waals surface area contributed by atoms with Crippen molar-refractivity contribution in [3.63, 3.8) is 0 Å². The fraction of sp³-hybridized carbons (Fsp3) is 0.429. The van der Waals surface area contributed by atoms with Gasteiger partial charge in [-0.05, 0) is 43.4 Å². The molecule has 0 bridgehead atoms. The molecule has 2 N–H and O–H groups in total. The summed E-state index contributed by atoms with van der Waals surface area (Å²) in [5.74, 6) is 0.244. The predicted octanol–water partition coefficient (Wildman–Crippen LogP) is 2.78. The zero-order valence-electron chi connectivity index (χ0n) is 16.3. The summed E-state index contributed by atoms with van der Waals surface area (Å²) < 4.78 is 5.71. The number of rotatable bonds is 4. The Balaban J connectivity index is 1.32. The number of nitrogens with zero attached hydrogens (tertiary/aromatic N) is 3. The van der Waals surface area contributed by atoms with Gasteiger partial charge in [-0.15, -0.1) is 5.10 Å². The number of carbonyl (C=O) groups excluding carboxylic acids is 1. The van der Waals surface area contributed by atoms with Gasteiger partial charge in [0.25, 0.3) is 5.89 Å². The van der Waals surface area contributed by atoms with Gasteiger partial charge in [0, 0.05) is 24.5 Å². The number of piperidine rings is 1. The first kappa shape index (κ1) is 17.9. The van der Waals surface area contributed by atoms with Crippen molar-refractivity contribution in [1.29, 1.82) is 0 Å².